The van der Waals surface area contributed by atoms with Crippen molar-refractivity contribution in [2.24, 2.45) is 17.3 Å². The zero-order valence-electron chi connectivity index (χ0n) is 13.2. The summed E-state index contributed by atoms with van der Waals surface area (Å²) in [7, 11) is 0. The van der Waals surface area contributed by atoms with E-state index in [1.54, 1.807) is 0 Å². The second-order valence-corrected chi connectivity index (χ2v) is 7.82. The van der Waals surface area contributed by atoms with Gasteiger partial charge in [0.2, 0.25) is 5.91 Å². The van der Waals surface area contributed by atoms with E-state index in [-0.39, 0.29) is 12.0 Å². The first-order valence-corrected chi connectivity index (χ1v) is 8.39. The smallest absolute Gasteiger partial charge is 0.220 e. The van der Waals surface area contributed by atoms with Gasteiger partial charge in [-0.3, -0.25) is 4.79 Å². The Labute approximate surface area is 123 Å². The topological polar surface area (TPSA) is 49.3 Å². The highest BCUT2D eigenvalue weighted by molar-refractivity contribution is 5.76. The number of aliphatic hydroxyl groups is 1. The average molecular weight is 281 g/mol. The Morgan fingerprint density at radius 3 is 2.65 bits per heavy atom. The van der Waals surface area contributed by atoms with Crippen molar-refractivity contribution in [3.8, 4) is 0 Å². The third-order valence-electron chi connectivity index (χ3n) is 5.12. The first kappa shape index (κ1) is 15.8. The van der Waals surface area contributed by atoms with E-state index in [0.717, 1.165) is 32.2 Å². The summed E-state index contributed by atoms with van der Waals surface area (Å²) in [6.45, 7) is 5.40. The Kier molecular flexibility index (Phi) is 5.48. The van der Waals surface area contributed by atoms with Crippen LogP contribution in [0.3, 0.4) is 0 Å². The molecule has 2 N–H and O–H groups in total. The van der Waals surface area contributed by atoms with Gasteiger partial charge in [0.25, 0.3) is 0 Å². The summed E-state index contributed by atoms with van der Waals surface area (Å²) in [4.78, 5) is 12.1. The van der Waals surface area contributed by atoms with Gasteiger partial charge in [-0.1, -0.05) is 26.7 Å². The van der Waals surface area contributed by atoms with Crippen LogP contribution in [0.2, 0.25) is 0 Å². The molecule has 3 heteroatoms. The minimum absolute atomic E-state index is 0.148. The maximum absolute atomic E-state index is 12.1. The lowest BCUT2D eigenvalue weighted by Crippen LogP contribution is -2.34. The maximum Gasteiger partial charge on any atom is 0.220 e. The molecule has 20 heavy (non-hydrogen) atoms. The number of hydrogen-bond donors (Lipinski definition) is 2. The molecule has 0 bridgehead atoms. The molecule has 0 spiro atoms. The Hall–Kier alpha value is -0.570. The molecule has 0 saturated heterocycles. The SMILES string of the molecule is CC1(C)CCCC(CC(=O)NCC2CCCC(O)C2)C1. The van der Waals surface area contributed by atoms with Crippen molar-refractivity contribution in [3.05, 3.63) is 0 Å². The number of rotatable bonds is 4. The molecule has 2 aliphatic carbocycles. The average Bonchev–Trinajstić information content (AvgIpc) is 2.35. The quantitative estimate of drug-likeness (QED) is 0.831. The first-order chi connectivity index (χ1) is 9.44. The van der Waals surface area contributed by atoms with Crippen molar-refractivity contribution in [2.45, 2.75) is 77.7 Å². The third-order valence-corrected chi connectivity index (χ3v) is 5.12. The summed E-state index contributed by atoms with van der Waals surface area (Å²) in [6, 6.07) is 0. The van der Waals surface area contributed by atoms with Gasteiger partial charge < -0.3 is 10.4 Å². The zero-order chi connectivity index (χ0) is 14.6. The largest absolute Gasteiger partial charge is 0.393 e. The third kappa shape index (κ3) is 5.08. The van der Waals surface area contributed by atoms with Gasteiger partial charge in [-0.15, -0.1) is 0 Å². The Morgan fingerprint density at radius 1 is 1.20 bits per heavy atom. The highest BCUT2D eigenvalue weighted by Gasteiger charge is 2.29. The summed E-state index contributed by atoms with van der Waals surface area (Å²) >= 11 is 0. The monoisotopic (exact) mass is 281 g/mol. The molecular weight excluding hydrogens is 250 g/mol. The molecule has 0 aliphatic heterocycles. The van der Waals surface area contributed by atoms with E-state index in [0.29, 0.717) is 23.7 Å². The van der Waals surface area contributed by atoms with Crippen LogP contribution in [0.1, 0.15) is 71.6 Å². The van der Waals surface area contributed by atoms with Crippen molar-refractivity contribution < 1.29 is 9.90 Å². The van der Waals surface area contributed by atoms with Crippen molar-refractivity contribution in [2.75, 3.05) is 6.54 Å². The van der Waals surface area contributed by atoms with Crippen molar-refractivity contribution in [3.63, 3.8) is 0 Å². The normalized spacial score (nSPS) is 33.6. The molecule has 2 aliphatic rings. The van der Waals surface area contributed by atoms with Gasteiger partial charge >= 0.3 is 0 Å². The first-order valence-electron chi connectivity index (χ1n) is 8.39. The van der Waals surface area contributed by atoms with Crippen LogP contribution in [0.15, 0.2) is 0 Å². The molecule has 2 saturated carbocycles. The van der Waals surface area contributed by atoms with E-state index < -0.39 is 0 Å². The van der Waals surface area contributed by atoms with Gasteiger partial charge in [-0.2, -0.15) is 0 Å². The Balaban J connectivity index is 1.67. The lowest BCUT2D eigenvalue weighted by atomic mass is 9.71. The number of carbonyl (C=O) groups excluding carboxylic acids is 1. The van der Waals surface area contributed by atoms with Gasteiger partial charge in [0.05, 0.1) is 6.10 Å². The van der Waals surface area contributed by atoms with E-state index in [1.807, 2.05) is 0 Å². The minimum Gasteiger partial charge on any atom is -0.393 e. The van der Waals surface area contributed by atoms with Gasteiger partial charge in [0.1, 0.15) is 0 Å². The Morgan fingerprint density at radius 2 is 1.95 bits per heavy atom. The number of carbonyl (C=O) groups is 1. The van der Waals surface area contributed by atoms with E-state index in [9.17, 15) is 9.90 Å². The Bertz CT molecular complexity index is 327. The summed E-state index contributed by atoms with van der Waals surface area (Å²) in [5.41, 5.74) is 0.413. The predicted octanol–water partition coefficient (Wildman–Crippen LogP) is 3.26. The molecule has 0 radical (unpaired) electrons. The molecular formula is C17H31NO2. The van der Waals surface area contributed by atoms with E-state index in [1.165, 1.54) is 25.7 Å². The number of amides is 1. The highest BCUT2D eigenvalue weighted by Crippen LogP contribution is 2.39. The molecule has 1 amide bonds. The molecule has 0 aromatic rings. The molecule has 2 fully saturated rings. The van der Waals surface area contributed by atoms with Crippen LogP contribution < -0.4 is 5.32 Å². The molecule has 0 heterocycles. The van der Waals surface area contributed by atoms with Crippen molar-refractivity contribution in [1.29, 1.82) is 0 Å². The molecule has 0 aromatic carbocycles. The zero-order valence-corrected chi connectivity index (χ0v) is 13.2. The second kappa shape index (κ2) is 6.93. The molecule has 3 atom stereocenters. The number of nitrogens with one attached hydrogen (secondary N) is 1. The summed E-state index contributed by atoms with van der Waals surface area (Å²) in [6.07, 6.45) is 9.53. The molecule has 0 aromatic heterocycles. The number of aliphatic hydroxyl groups excluding tert-OH is 1. The predicted molar refractivity (Wildman–Crippen MR) is 81.3 cm³/mol. The summed E-state index contributed by atoms with van der Waals surface area (Å²) < 4.78 is 0. The molecule has 3 unspecified atom stereocenters. The van der Waals surface area contributed by atoms with Gasteiger partial charge in [-0.25, -0.2) is 0 Å². The fourth-order valence-corrected chi connectivity index (χ4v) is 4.07. The molecule has 116 valence electrons. The van der Waals surface area contributed by atoms with Gasteiger partial charge in [0, 0.05) is 13.0 Å². The van der Waals surface area contributed by atoms with Crippen molar-refractivity contribution >= 4 is 5.91 Å². The van der Waals surface area contributed by atoms with Crippen LogP contribution in [0.4, 0.5) is 0 Å². The van der Waals surface area contributed by atoms with E-state index in [2.05, 4.69) is 19.2 Å². The van der Waals surface area contributed by atoms with Crippen molar-refractivity contribution in [1.82, 2.24) is 5.32 Å². The van der Waals surface area contributed by atoms with Gasteiger partial charge in [0.15, 0.2) is 0 Å². The van der Waals surface area contributed by atoms with Crippen LogP contribution in [0.25, 0.3) is 0 Å². The highest BCUT2D eigenvalue weighted by atomic mass is 16.3. The van der Waals surface area contributed by atoms with Crippen LogP contribution >= 0.6 is 0 Å². The summed E-state index contributed by atoms with van der Waals surface area (Å²) in [5, 5.41) is 12.7. The maximum atomic E-state index is 12.1. The fraction of sp³-hybridized carbons (Fsp3) is 0.941. The van der Waals surface area contributed by atoms with Gasteiger partial charge in [-0.05, 0) is 55.8 Å². The lowest BCUT2D eigenvalue weighted by Gasteiger charge is -2.35. The molecule has 2 rings (SSSR count). The summed E-state index contributed by atoms with van der Waals surface area (Å²) in [5.74, 6) is 1.26. The minimum atomic E-state index is -0.148. The van der Waals surface area contributed by atoms with E-state index >= 15 is 0 Å². The van der Waals surface area contributed by atoms with E-state index in [4.69, 9.17) is 0 Å². The lowest BCUT2D eigenvalue weighted by molar-refractivity contribution is -0.122. The fourth-order valence-electron chi connectivity index (χ4n) is 4.07. The molecule has 3 nitrogen and oxygen atoms in total. The van der Waals surface area contributed by atoms with Crippen LogP contribution in [0, 0.1) is 17.3 Å². The second-order valence-electron chi connectivity index (χ2n) is 7.82. The standard InChI is InChI=1S/C17H31NO2/c1-17(2)8-4-6-13(11-17)10-16(20)18-12-14-5-3-7-15(19)9-14/h13-15,19H,3-12H2,1-2H3,(H,18,20). The van der Waals surface area contributed by atoms with Crippen LogP contribution in [-0.4, -0.2) is 23.7 Å². The van der Waals surface area contributed by atoms with Crippen LogP contribution in [0.5, 0.6) is 0 Å². The van der Waals surface area contributed by atoms with Crippen LogP contribution in [-0.2, 0) is 4.79 Å². The number of hydrogen-bond acceptors (Lipinski definition) is 2.